The Bertz CT molecular complexity index is 2160. The van der Waals surface area contributed by atoms with Crippen LogP contribution >= 0.6 is 0 Å². The van der Waals surface area contributed by atoms with Gasteiger partial charge in [-0.3, -0.25) is 19.5 Å². The highest BCUT2D eigenvalue weighted by atomic mass is 16.6. The minimum Gasteiger partial charge on any atom is -0.497 e. The van der Waals surface area contributed by atoms with Crippen molar-refractivity contribution in [1.29, 1.82) is 0 Å². The molecule has 0 saturated heterocycles. The van der Waals surface area contributed by atoms with E-state index in [1.165, 1.54) is 16.7 Å². The lowest BCUT2D eigenvalue weighted by Crippen LogP contribution is -2.23. The van der Waals surface area contributed by atoms with Crippen LogP contribution in [0.2, 0.25) is 0 Å². The van der Waals surface area contributed by atoms with Crippen molar-refractivity contribution in [2.75, 3.05) is 7.11 Å². The first kappa shape index (κ1) is 26.3. The summed E-state index contributed by atoms with van der Waals surface area (Å²) in [6, 6.07) is 27.5. The van der Waals surface area contributed by atoms with Crippen LogP contribution in [0.1, 0.15) is 28.3 Å². The van der Waals surface area contributed by atoms with Crippen LogP contribution in [-0.4, -0.2) is 21.6 Å². The van der Waals surface area contributed by atoms with Gasteiger partial charge < -0.3 is 9.15 Å². The predicted molar refractivity (Wildman–Crippen MR) is 163 cm³/mol. The van der Waals surface area contributed by atoms with Gasteiger partial charge in [0.1, 0.15) is 22.3 Å². The summed E-state index contributed by atoms with van der Waals surface area (Å²) in [6.45, 7) is 1.91. The molecular weight excluding hydrogens is 530 g/mol. The molecule has 8 heteroatoms. The number of furan rings is 1. The summed E-state index contributed by atoms with van der Waals surface area (Å²) < 4.78 is 12.1. The maximum absolute atomic E-state index is 13.7. The quantitative estimate of drug-likeness (QED) is 0.130. The molecule has 0 unspecified atom stereocenters. The fourth-order valence-corrected chi connectivity index (χ4v) is 4.74. The molecule has 4 aromatic carbocycles. The summed E-state index contributed by atoms with van der Waals surface area (Å²) >= 11 is 0. The number of methoxy groups -OCH3 is 1. The van der Waals surface area contributed by atoms with Crippen LogP contribution in [0.3, 0.4) is 0 Å². The van der Waals surface area contributed by atoms with E-state index in [-0.39, 0.29) is 17.2 Å². The van der Waals surface area contributed by atoms with Gasteiger partial charge in [-0.1, -0.05) is 36.1 Å². The predicted octanol–water partition coefficient (Wildman–Crippen LogP) is 6.93. The average Bonchev–Trinajstić information content (AvgIpc) is 3.49. The molecule has 8 nitrogen and oxygen atoms in total. The number of para-hydroxylation sites is 1. The molecule has 0 aliphatic heterocycles. The van der Waals surface area contributed by atoms with Crippen LogP contribution in [0.5, 0.6) is 5.75 Å². The maximum atomic E-state index is 13.7. The van der Waals surface area contributed by atoms with Crippen molar-refractivity contribution in [2.24, 2.45) is 0 Å². The Kier molecular flexibility index (Phi) is 6.83. The summed E-state index contributed by atoms with van der Waals surface area (Å²) in [5.41, 5.74) is 3.46. The number of rotatable bonds is 5. The van der Waals surface area contributed by atoms with Crippen LogP contribution in [0.25, 0.3) is 39.5 Å². The van der Waals surface area contributed by atoms with Crippen LogP contribution in [0.15, 0.2) is 100 Å². The average molecular weight is 554 g/mol. The van der Waals surface area contributed by atoms with E-state index in [0.29, 0.717) is 22.4 Å². The van der Waals surface area contributed by atoms with E-state index in [1.807, 2.05) is 67.6 Å². The van der Waals surface area contributed by atoms with E-state index in [4.69, 9.17) is 14.1 Å². The second-order valence-corrected chi connectivity index (χ2v) is 9.57. The van der Waals surface area contributed by atoms with E-state index in [9.17, 15) is 14.9 Å². The summed E-state index contributed by atoms with van der Waals surface area (Å²) in [4.78, 5) is 28.8. The van der Waals surface area contributed by atoms with Crippen molar-refractivity contribution in [2.45, 2.75) is 6.92 Å². The third-order valence-corrected chi connectivity index (χ3v) is 6.83. The number of hydrogen-bond donors (Lipinski definition) is 0. The molecule has 0 aliphatic rings. The molecule has 42 heavy (non-hydrogen) atoms. The van der Waals surface area contributed by atoms with Gasteiger partial charge in [0.15, 0.2) is 0 Å². The minimum atomic E-state index is -0.604. The molecule has 6 aromatic rings. The molecule has 0 radical (unpaired) electrons. The van der Waals surface area contributed by atoms with E-state index in [1.54, 1.807) is 37.5 Å². The summed E-state index contributed by atoms with van der Waals surface area (Å²) in [6.07, 6.45) is 3.16. The van der Waals surface area contributed by atoms with Crippen LogP contribution < -0.4 is 10.3 Å². The molecule has 0 bridgehead atoms. The second-order valence-electron chi connectivity index (χ2n) is 9.57. The van der Waals surface area contributed by atoms with Gasteiger partial charge in [0.2, 0.25) is 0 Å². The van der Waals surface area contributed by atoms with Gasteiger partial charge in [0.05, 0.1) is 29.8 Å². The van der Waals surface area contributed by atoms with E-state index < -0.39 is 4.92 Å². The van der Waals surface area contributed by atoms with Gasteiger partial charge in [-0.2, -0.15) is 0 Å². The van der Waals surface area contributed by atoms with E-state index in [2.05, 4.69) is 11.8 Å². The topological polar surface area (TPSA) is 100 Å². The number of fused-ring (bicyclic) bond motifs is 2. The third kappa shape index (κ3) is 5.15. The molecule has 204 valence electrons. The van der Waals surface area contributed by atoms with Crippen LogP contribution in [-0.2, 0) is 0 Å². The molecule has 0 spiro atoms. The Morgan fingerprint density at radius 1 is 0.905 bits per heavy atom. The van der Waals surface area contributed by atoms with Crippen molar-refractivity contribution < 1.29 is 14.1 Å². The summed E-state index contributed by atoms with van der Waals surface area (Å²) in [7, 11) is 1.65. The summed E-state index contributed by atoms with van der Waals surface area (Å²) in [5.74, 6) is 7.52. The number of aromatic nitrogens is 2. The van der Waals surface area contributed by atoms with Crippen molar-refractivity contribution >= 4 is 39.7 Å². The highest BCUT2D eigenvalue weighted by Gasteiger charge is 2.14. The lowest BCUT2D eigenvalue weighted by atomic mass is 10.1. The number of nitro groups is 1. The molecule has 6 rings (SSSR count). The zero-order chi connectivity index (χ0) is 29.2. The van der Waals surface area contributed by atoms with Crippen LogP contribution in [0, 0.1) is 28.9 Å². The number of ether oxygens (including phenoxy) is 1. The molecule has 2 heterocycles. The first-order chi connectivity index (χ1) is 20.4. The van der Waals surface area contributed by atoms with E-state index >= 15 is 0 Å². The van der Waals surface area contributed by atoms with Gasteiger partial charge in [-0.25, -0.2) is 4.98 Å². The van der Waals surface area contributed by atoms with Crippen molar-refractivity contribution in [3.8, 4) is 23.3 Å². The normalized spacial score (nSPS) is 11.1. The Balaban J connectivity index is 1.38. The SMILES string of the molecule is COc1ccc2cc(C#Cc3ccc(-n4c(/C=C/c5ccc([N+](=O)[O-])o5)nc5ccccc5c4=O)c(C)c3)ccc2c1. The standard InChI is InChI=1S/C34H23N3O5/c1-22-19-23(7-8-24-9-11-26-21-28(41-2)13-12-25(26)20-24)10-16-31(22)36-32(17-14-27-15-18-33(42-27)37(39)40)35-30-6-4-3-5-29(30)34(36)38/h3-6,9-21H,1-2H3/b17-14+. The maximum Gasteiger partial charge on any atom is 0.433 e. The van der Waals surface area contributed by atoms with E-state index in [0.717, 1.165) is 33.2 Å². The highest BCUT2D eigenvalue weighted by Crippen LogP contribution is 2.23. The number of nitrogens with zero attached hydrogens (tertiary/aromatic N) is 3. The van der Waals surface area contributed by atoms with Gasteiger partial charge >= 0.3 is 5.88 Å². The smallest absolute Gasteiger partial charge is 0.433 e. The molecule has 0 aliphatic carbocycles. The summed E-state index contributed by atoms with van der Waals surface area (Å²) in [5, 5.41) is 13.6. The monoisotopic (exact) mass is 553 g/mol. The molecule has 0 saturated carbocycles. The minimum absolute atomic E-state index is 0.236. The molecule has 0 amide bonds. The largest absolute Gasteiger partial charge is 0.497 e. The Hall–Kier alpha value is -5.94. The zero-order valence-electron chi connectivity index (χ0n) is 22.7. The van der Waals surface area contributed by atoms with Crippen LogP contribution in [0.4, 0.5) is 5.88 Å². The van der Waals surface area contributed by atoms with Gasteiger partial charge in [0.25, 0.3) is 5.56 Å². The Labute approximate surface area is 240 Å². The van der Waals surface area contributed by atoms with Gasteiger partial charge in [-0.05, 0) is 96.1 Å². The van der Waals surface area contributed by atoms with Crippen molar-refractivity contribution in [1.82, 2.24) is 9.55 Å². The fourth-order valence-electron chi connectivity index (χ4n) is 4.74. The zero-order valence-corrected chi connectivity index (χ0v) is 22.7. The molecule has 2 aromatic heterocycles. The number of hydrogen-bond acceptors (Lipinski definition) is 6. The molecule has 0 fully saturated rings. The lowest BCUT2D eigenvalue weighted by molar-refractivity contribution is -0.402. The first-order valence-corrected chi connectivity index (χ1v) is 13.0. The fraction of sp³-hybridized carbons (Fsp3) is 0.0588. The van der Waals surface area contributed by atoms with Gasteiger partial charge in [-0.15, -0.1) is 0 Å². The molecular formula is C34H23N3O5. The molecule has 0 N–H and O–H groups in total. The second kappa shape index (κ2) is 10.9. The highest BCUT2D eigenvalue weighted by molar-refractivity contribution is 5.85. The number of benzene rings is 4. The lowest BCUT2D eigenvalue weighted by Gasteiger charge is -2.14. The Morgan fingerprint density at radius 3 is 2.40 bits per heavy atom. The van der Waals surface area contributed by atoms with Crippen molar-refractivity contribution in [3.63, 3.8) is 0 Å². The van der Waals surface area contributed by atoms with Crippen molar-refractivity contribution in [3.05, 3.63) is 140 Å². The Morgan fingerprint density at radius 2 is 1.64 bits per heavy atom. The molecule has 0 atom stereocenters. The first-order valence-electron chi connectivity index (χ1n) is 13.0. The van der Waals surface area contributed by atoms with Gasteiger partial charge in [0, 0.05) is 11.1 Å². The number of aryl methyl sites for hydroxylation is 1. The third-order valence-electron chi connectivity index (χ3n) is 6.83.